The molecule has 1 atom stereocenters. The van der Waals surface area contributed by atoms with Gasteiger partial charge >= 0.3 is 0 Å². The Morgan fingerprint density at radius 3 is 2.72 bits per heavy atom. The summed E-state index contributed by atoms with van der Waals surface area (Å²) in [6.07, 6.45) is 7.07. The van der Waals surface area contributed by atoms with Gasteiger partial charge in [-0.2, -0.15) is 5.10 Å². The molecule has 1 aromatic heterocycles. The van der Waals surface area contributed by atoms with Crippen molar-refractivity contribution in [2.45, 2.75) is 25.8 Å². The van der Waals surface area contributed by atoms with Gasteiger partial charge in [-0.15, -0.1) is 0 Å². The third-order valence-corrected chi connectivity index (χ3v) is 4.37. The Kier molecular flexibility index (Phi) is 4.97. The van der Waals surface area contributed by atoms with Gasteiger partial charge in [0.15, 0.2) is 0 Å². The maximum Gasteiger partial charge on any atom is 0.253 e. The number of carbonyl (C=O) groups excluding carboxylic acids is 2. The largest absolute Gasteiger partial charge is 0.337 e. The summed E-state index contributed by atoms with van der Waals surface area (Å²) in [6, 6.07) is 7.16. The number of nitrogens with zero attached hydrogens (tertiary/aromatic N) is 3. The number of aromatic nitrogens is 2. The highest BCUT2D eigenvalue weighted by Crippen LogP contribution is 2.23. The molecule has 0 aliphatic carbocycles. The van der Waals surface area contributed by atoms with Crippen LogP contribution >= 0.6 is 0 Å². The molecule has 1 aromatic carbocycles. The van der Waals surface area contributed by atoms with E-state index >= 15 is 0 Å². The first-order chi connectivity index (χ1) is 12.1. The van der Waals surface area contributed by atoms with E-state index in [1.165, 1.54) is 6.08 Å². The number of anilines is 1. The third-order valence-electron chi connectivity index (χ3n) is 4.37. The average Bonchev–Trinajstić information content (AvgIpc) is 3.08. The Hall–Kier alpha value is -2.89. The van der Waals surface area contributed by atoms with Gasteiger partial charge in [-0.1, -0.05) is 6.58 Å². The van der Waals surface area contributed by atoms with E-state index in [0.29, 0.717) is 17.8 Å². The first-order valence-electron chi connectivity index (χ1n) is 8.40. The summed E-state index contributed by atoms with van der Waals surface area (Å²) in [4.78, 5) is 25.9. The van der Waals surface area contributed by atoms with Gasteiger partial charge in [-0.05, 0) is 55.7 Å². The lowest BCUT2D eigenvalue weighted by atomic mass is 10.0. The van der Waals surface area contributed by atoms with Gasteiger partial charge in [0.25, 0.3) is 5.91 Å². The summed E-state index contributed by atoms with van der Waals surface area (Å²) >= 11 is 0. The number of nitrogens with one attached hydrogen (secondary N) is 1. The van der Waals surface area contributed by atoms with Crippen molar-refractivity contribution in [3.05, 3.63) is 60.4 Å². The van der Waals surface area contributed by atoms with Crippen LogP contribution in [0.3, 0.4) is 0 Å². The standard InChI is InChI=1S/C19H22N4O2/c1-3-18(24)21-16-8-6-15(7-9-16)19(25)22-10-4-5-17(13-22)23-12-14(2)11-20-23/h3,6-9,11-12,17H,1,4-5,10,13H2,2H3,(H,21,24). The van der Waals surface area contributed by atoms with E-state index in [9.17, 15) is 9.59 Å². The zero-order valence-electron chi connectivity index (χ0n) is 14.3. The van der Waals surface area contributed by atoms with Crippen LogP contribution in [0.5, 0.6) is 0 Å². The van der Waals surface area contributed by atoms with E-state index in [0.717, 1.165) is 24.9 Å². The molecule has 25 heavy (non-hydrogen) atoms. The quantitative estimate of drug-likeness (QED) is 0.872. The van der Waals surface area contributed by atoms with Crippen molar-refractivity contribution in [3.63, 3.8) is 0 Å². The molecule has 0 spiro atoms. The fourth-order valence-corrected chi connectivity index (χ4v) is 3.06. The number of rotatable bonds is 4. The lowest BCUT2D eigenvalue weighted by Gasteiger charge is -2.33. The molecule has 2 heterocycles. The van der Waals surface area contributed by atoms with Crippen LogP contribution < -0.4 is 5.32 Å². The highest BCUT2D eigenvalue weighted by atomic mass is 16.2. The summed E-state index contributed by atoms with van der Waals surface area (Å²) in [6.45, 7) is 6.85. The van der Waals surface area contributed by atoms with Gasteiger partial charge in [0.2, 0.25) is 5.91 Å². The number of amides is 2. The van der Waals surface area contributed by atoms with E-state index in [4.69, 9.17) is 0 Å². The van der Waals surface area contributed by atoms with Crippen molar-refractivity contribution in [1.29, 1.82) is 0 Å². The van der Waals surface area contributed by atoms with Crippen molar-refractivity contribution < 1.29 is 9.59 Å². The lowest BCUT2D eigenvalue weighted by molar-refractivity contribution is -0.111. The van der Waals surface area contributed by atoms with Crippen LogP contribution in [0.4, 0.5) is 5.69 Å². The van der Waals surface area contributed by atoms with Gasteiger partial charge < -0.3 is 10.2 Å². The first-order valence-corrected chi connectivity index (χ1v) is 8.40. The second-order valence-electron chi connectivity index (χ2n) is 6.32. The van der Waals surface area contributed by atoms with Crippen LogP contribution in [0.15, 0.2) is 49.3 Å². The normalized spacial score (nSPS) is 17.2. The van der Waals surface area contributed by atoms with Crippen LogP contribution in [0.2, 0.25) is 0 Å². The van der Waals surface area contributed by atoms with E-state index in [1.54, 1.807) is 24.3 Å². The zero-order chi connectivity index (χ0) is 17.8. The fourth-order valence-electron chi connectivity index (χ4n) is 3.06. The number of hydrogen-bond acceptors (Lipinski definition) is 3. The van der Waals surface area contributed by atoms with Crippen molar-refractivity contribution in [3.8, 4) is 0 Å². The molecular formula is C19H22N4O2. The Morgan fingerprint density at radius 1 is 1.32 bits per heavy atom. The van der Waals surface area contributed by atoms with Gasteiger partial charge in [-0.3, -0.25) is 14.3 Å². The van der Waals surface area contributed by atoms with E-state index in [-0.39, 0.29) is 17.9 Å². The zero-order valence-corrected chi connectivity index (χ0v) is 14.3. The van der Waals surface area contributed by atoms with Crippen LogP contribution in [0, 0.1) is 6.92 Å². The minimum absolute atomic E-state index is 0.00942. The number of benzene rings is 1. The molecule has 1 saturated heterocycles. The number of hydrogen-bond donors (Lipinski definition) is 1. The van der Waals surface area contributed by atoms with Crippen molar-refractivity contribution in [2.24, 2.45) is 0 Å². The molecule has 1 N–H and O–H groups in total. The van der Waals surface area contributed by atoms with Gasteiger partial charge in [0.1, 0.15) is 0 Å². The smallest absolute Gasteiger partial charge is 0.253 e. The lowest BCUT2D eigenvalue weighted by Crippen LogP contribution is -2.40. The monoisotopic (exact) mass is 338 g/mol. The molecule has 3 rings (SSSR count). The summed E-state index contributed by atoms with van der Waals surface area (Å²) in [5, 5.41) is 7.06. The molecule has 130 valence electrons. The molecule has 2 aromatic rings. The minimum Gasteiger partial charge on any atom is -0.337 e. The molecule has 1 aliphatic rings. The summed E-state index contributed by atoms with van der Waals surface area (Å²) in [7, 11) is 0. The van der Waals surface area contributed by atoms with Crippen LogP contribution in [0.1, 0.15) is 34.8 Å². The van der Waals surface area contributed by atoms with Gasteiger partial charge in [0.05, 0.1) is 12.2 Å². The SMILES string of the molecule is C=CC(=O)Nc1ccc(C(=O)N2CCCC(n3cc(C)cn3)C2)cc1. The molecular weight excluding hydrogens is 316 g/mol. The predicted molar refractivity (Wildman–Crippen MR) is 96.4 cm³/mol. The maximum absolute atomic E-state index is 12.8. The summed E-state index contributed by atoms with van der Waals surface area (Å²) < 4.78 is 1.96. The number of likely N-dealkylation sites (tertiary alicyclic amines) is 1. The Balaban J connectivity index is 1.67. The molecule has 0 bridgehead atoms. The van der Waals surface area contributed by atoms with Crippen LogP contribution in [0.25, 0.3) is 0 Å². The topological polar surface area (TPSA) is 67.2 Å². The molecule has 1 fully saturated rings. The fraction of sp³-hybridized carbons (Fsp3) is 0.316. The highest BCUT2D eigenvalue weighted by Gasteiger charge is 2.25. The number of piperidine rings is 1. The van der Waals surface area contributed by atoms with Crippen LogP contribution in [-0.4, -0.2) is 39.6 Å². The molecule has 0 radical (unpaired) electrons. The second-order valence-corrected chi connectivity index (χ2v) is 6.32. The van der Waals surface area contributed by atoms with Crippen LogP contribution in [-0.2, 0) is 4.79 Å². The molecule has 1 unspecified atom stereocenters. The Bertz CT molecular complexity index is 779. The highest BCUT2D eigenvalue weighted by molar-refractivity contribution is 5.99. The first kappa shape index (κ1) is 17.0. The minimum atomic E-state index is -0.271. The average molecular weight is 338 g/mol. The van der Waals surface area contributed by atoms with Crippen molar-refractivity contribution in [1.82, 2.24) is 14.7 Å². The predicted octanol–water partition coefficient (Wildman–Crippen LogP) is 2.79. The number of aryl methyl sites for hydroxylation is 1. The Morgan fingerprint density at radius 2 is 2.08 bits per heavy atom. The Labute approximate surface area is 147 Å². The van der Waals surface area contributed by atoms with Crippen molar-refractivity contribution >= 4 is 17.5 Å². The van der Waals surface area contributed by atoms with E-state index in [1.807, 2.05) is 28.9 Å². The van der Waals surface area contributed by atoms with Gasteiger partial charge in [-0.25, -0.2) is 0 Å². The molecule has 1 aliphatic heterocycles. The molecule has 2 amide bonds. The number of carbonyl (C=O) groups is 2. The molecule has 0 saturated carbocycles. The van der Waals surface area contributed by atoms with Gasteiger partial charge in [0, 0.05) is 30.5 Å². The summed E-state index contributed by atoms with van der Waals surface area (Å²) in [5.74, 6) is -0.261. The maximum atomic E-state index is 12.8. The third kappa shape index (κ3) is 3.96. The van der Waals surface area contributed by atoms with Crippen molar-refractivity contribution in [2.75, 3.05) is 18.4 Å². The molecule has 6 heteroatoms. The second kappa shape index (κ2) is 7.34. The molecule has 6 nitrogen and oxygen atoms in total. The van der Waals surface area contributed by atoms with E-state index in [2.05, 4.69) is 17.0 Å². The van der Waals surface area contributed by atoms with E-state index < -0.39 is 0 Å². The summed E-state index contributed by atoms with van der Waals surface area (Å²) in [5.41, 5.74) is 2.39.